The predicted molar refractivity (Wildman–Crippen MR) is 131 cm³/mol. The Labute approximate surface area is 209 Å². The van der Waals surface area contributed by atoms with E-state index in [9.17, 15) is 13.5 Å². The zero-order chi connectivity index (χ0) is 25.9. The van der Waals surface area contributed by atoms with Crippen LogP contribution < -0.4 is 14.2 Å². The van der Waals surface area contributed by atoms with Crippen molar-refractivity contribution in [3.05, 3.63) is 47.8 Å². The Kier molecular flexibility index (Phi) is 7.71. The van der Waals surface area contributed by atoms with Gasteiger partial charge < -0.3 is 19.3 Å². The minimum atomic E-state index is -4.18. The second-order valence-electron chi connectivity index (χ2n) is 8.50. The molecule has 1 aliphatic heterocycles. The molecule has 13 heteroatoms. The molecule has 2 aromatic heterocycles. The number of hydrogen-bond donors (Lipinski definition) is 2. The molecule has 4 rings (SSSR count). The van der Waals surface area contributed by atoms with Crippen molar-refractivity contribution in [1.82, 2.24) is 24.7 Å². The summed E-state index contributed by atoms with van der Waals surface area (Å²) in [5.41, 5.74) is 1.21. The van der Waals surface area contributed by atoms with Gasteiger partial charge in [0.1, 0.15) is 34.6 Å². The molecule has 1 saturated heterocycles. The van der Waals surface area contributed by atoms with E-state index in [1.165, 1.54) is 38.1 Å². The third-order valence-electron chi connectivity index (χ3n) is 6.01. The van der Waals surface area contributed by atoms with E-state index in [0.717, 1.165) is 18.4 Å². The van der Waals surface area contributed by atoms with Gasteiger partial charge >= 0.3 is 0 Å². The summed E-state index contributed by atoms with van der Waals surface area (Å²) in [5.74, 6) is 1.17. The third-order valence-corrected chi connectivity index (χ3v) is 7.72. The topological polar surface area (TPSA) is 151 Å². The maximum Gasteiger partial charge on any atom is 0.243 e. The molecular formula is C23H30N6O6S. The van der Waals surface area contributed by atoms with Crippen LogP contribution in [-0.2, 0) is 14.8 Å². The SMILES string of the molecule is COc1cccc(OC)c1-n1c(NS(=O)(=O)[C@@H](C)[C@H](O)c2ncc(C)cn2)nnc1[C@@H]1CCCCO1. The van der Waals surface area contributed by atoms with Gasteiger partial charge in [0.2, 0.25) is 16.0 Å². The molecule has 3 atom stereocenters. The molecule has 3 heterocycles. The van der Waals surface area contributed by atoms with Gasteiger partial charge in [-0.25, -0.2) is 18.4 Å². The second-order valence-corrected chi connectivity index (χ2v) is 10.5. The molecule has 1 fully saturated rings. The molecule has 0 saturated carbocycles. The summed E-state index contributed by atoms with van der Waals surface area (Å²) >= 11 is 0. The number of nitrogens with one attached hydrogen (secondary N) is 1. The van der Waals surface area contributed by atoms with E-state index in [4.69, 9.17) is 14.2 Å². The van der Waals surface area contributed by atoms with Crippen LogP contribution in [0.4, 0.5) is 5.95 Å². The van der Waals surface area contributed by atoms with Crippen molar-refractivity contribution in [1.29, 1.82) is 0 Å². The van der Waals surface area contributed by atoms with Crippen molar-refractivity contribution in [3.63, 3.8) is 0 Å². The maximum atomic E-state index is 13.4. The molecule has 0 aliphatic carbocycles. The highest BCUT2D eigenvalue weighted by Gasteiger charge is 2.35. The second kappa shape index (κ2) is 10.8. The van der Waals surface area contributed by atoms with Crippen LogP contribution >= 0.6 is 0 Å². The summed E-state index contributed by atoms with van der Waals surface area (Å²) in [6.45, 7) is 3.72. The fourth-order valence-electron chi connectivity index (χ4n) is 3.94. The number of methoxy groups -OCH3 is 2. The molecule has 3 aromatic rings. The first-order valence-corrected chi connectivity index (χ1v) is 13.1. The van der Waals surface area contributed by atoms with Gasteiger partial charge in [-0.3, -0.25) is 9.29 Å². The monoisotopic (exact) mass is 518 g/mol. The van der Waals surface area contributed by atoms with Crippen LogP contribution in [0, 0.1) is 6.92 Å². The van der Waals surface area contributed by atoms with Crippen LogP contribution in [0.1, 0.15) is 55.6 Å². The molecule has 1 aromatic carbocycles. The summed E-state index contributed by atoms with van der Waals surface area (Å²) in [5, 5.41) is 17.8. The van der Waals surface area contributed by atoms with Gasteiger partial charge in [-0.2, -0.15) is 0 Å². The van der Waals surface area contributed by atoms with Crippen LogP contribution in [-0.4, -0.2) is 64.3 Å². The average Bonchev–Trinajstić information content (AvgIpc) is 3.30. The minimum Gasteiger partial charge on any atom is -0.494 e. The lowest BCUT2D eigenvalue weighted by atomic mass is 10.1. The van der Waals surface area contributed by atoms with Crippen LogP contribution in [0.5, 0.6) is 11.5 Å². The Morgan fingerprint density at radius 2 is 1.81 bits per heavy atom. The van der Waals surface area contributed by atoms with Crippen molar-refractivity contribution in [3.8, 4) is 17.2 Å². The number of rotatable bonds is 9. The van der Waals surface area contributed by atoms with Crippen molar-refractivity contribution in [2.75, 3.05) is 25.5 Å². The largest absolute Gasteiger partial charge is 0.494 e. The molecule has 1 aliphatic rings. The lowest BCUT2D eigenvalue weighted by Crippen LogP contribution is -2.32. The molecule has 0 unspecified atom stereocenters. The molecule has 0 bridgehead atoms. The number of aliphatic hydroxyl groups excluding tert-OH is 1. The number of ether oxygens (including phenoxy) is 3. The Hall–Kier alpha value is -3.29. The Balaban J connectivity index is 1.77. The Morgan fingerprint density at radius 3 is 2.39 bits per heavy atom. The van der Waals surface area contributed by atoms with E-state index in [0.29, 0.717) is 36.0 Å². The van der Waals surface area contributed by atoms with Crippen molar-refractivity contribution in [2.45, 2.75) is 50.6 Å². The van der Waals surface area contributed by atoms with E-state index in [-0.39, 0.29) is 11.8 Å². The van der Waals surface area contributed by atoms with Gasteiger partial charge in [-0.1, -0.05) is 6.07 Å². The highest BCUT2D eigenvalue weighted by Crippen LogP contribution is 2.38. The highest BCUT2D eigenvalue weighted by molar-refractivity contribution is 7.93. The van der Waals surface area contributed by atoms with Gasteiger partial charge in [0.05, 0.1) is 14.2 Å². The Bertz CT molecular complexity index is 1270. The smallest absolute Gasteiger partial charge is 0.243 e. The van der Waals surface area contributed by atoms with Gasteiger partial charge in [0, 0.05) is 19.0 Å². The summed E-state index contributed by atoms with van der Waals surface area (Å²) in [7, 11) is -1.18. The van der Waals surface area contributed by atoms with E-state index in [2.05, 4.69) is 24.9 Å². The fraction of sp³-hybridized carbons (Fsp3) is 0.478. The van der Waals surface area contributed by atoms with Crippen LogP contribution in [0.25, 0.3) is 5.69 Å². The highest BCUT2D eigenvalue weighted by atomic mass is 32.2. The first-order valence-electron chi connectivity index (χ1n) is 11.5. The standard InChI is InChI=1S/C23H30N6O6S/c1-14-12-24-21(25-13-14)20(30)15(2)36(31,32)28-23-27-26-22(18-8-5-6-11-35-18)29(23)19-16(33-3)9-7-10-17(19)34-4/h7,9-10,12-13,15,18,20,30H,5-6,8,11H2,1-4H3,(H,27,28)/t15-,18-,20-/m0/s1. The maximum absolute atomic E-state index is 13.4. The molecule has 12 nitrogen and oxygen atoms in total. The lowest BCUT2D eigenvalue weighted by Gasteiger charge is -2.24. The molecule has 0 spiro atoms. The van der Waals surface area contributed by atoms with Crippen molar-refractivity contribution in [2.24, 2.45) is 0 Å². The number of aliphatic hydroxyl groups is 1. The van der Waals surface area contributed by atoms with Crippen molar-refractivity contribution < 1.29 is 27.7 Å². The lowest BCUT2D eigenvalue weighted by molar-refractivity contribution is 0.00839. The fourth-order valence-corrected chi connectivity index (χ4v) is 4.98. The van der Waals surface area contributed by atoms with Crippen molar-refractivity contribution >= 4 is 16.0 Å². The summed E-state index contributed by atoms with van der Waals surface area (Å²) in [6.07, 6.45) is 3.71. The zero-order valence-electron chi connectivity index (χ0n) is 20.6. The zero-order valence-corrected chi connectivity index (χ0v) is 21.4. The number of para-hydroxylation sites is 1. The van der Waals surface area contributed by atoms with Crippen LogP contribution in [0.2, 0.25) is 0 Å². The molecule has 0 amide bonds. The number of nitrogens with zero attached hydrogens (tertiary/aromatic N) is 5. The number of aryl methyl sites for hydroxylation is 1. The summed E-state index contributed by atoms with van der Waals surface area (Å²) in [6, 6.07) is 5.21. The van der Waals surface area contributed by atoms with Crippen LogP contribution in [0.3, 0.4) is 0 Å². The molecular weight excluding hydrogens is 488 g/mol. The average molecular weight is 519 g/mol. The van der Waals surface area contributed by atoms with Gasteiger partial charge in [0.25, 0.3) is 0 Å². The first-order chi connectivity index (χ1) is 17.3. The molecule has 36 heavy (non-hydrogen) atoms. The van der Waals surface area contributed by atoms with Crippen LogP contribution in [0.15, 0.2) is 30.6 Å². The summed E-state index contributed by atoms with van der Waals surface area (Å²) < 4.78 is 47.8. The van der Waals surface area contributed by atoms with E-state index in [1.807, 2.05) is 0 Å². The van der Waals surface area contributed by atoms with E-state index < -0.39 is 27.5 Å². The number of benzene rings is 1. The van der Waals surface area contributed by atoms with Gasteiger partial charge in [-0.15, -0.1) is 10.2 Å². The molecule has 2 N–H and O–H groups in total. The number of aromatic nitrogens is 5. The quantitative estimate of drug-likeness (QED) is 0.432. The number of anilines is 1. The molecule has 0 radical (unpaired) electrons. The normalized spacial score (nSPS) is 17.9. The third kappa shape index (κ3) is 5.13. The molecule has 194 valence electrons. The van der Waals surface area contributed by atoms with E-state index >= 15 is 0 Å². The van der Waals surface area contributed by atoms with E-state index in [1.54, 1.807) is 25.1 Å². The minimum absolute atomic E-state index is 0.00244. The van der Waals surface area contributed by atoms with Gasteiger partial charge in [-0.05, 0) is 50.8 Å². The number of hydrogen-bond acceptors (Lipinski definition) is 10. The Morgan fingerprint density at radius 1 is 1.14 bits per heavy atom. The number of sulfonamides is 1. The van der Waals surface area contributed by atoms with Gasteiger partial charge in [0.15, 0.2) is 11.6 Å². The summed E-state index contributed by atoms with van der Waals surface area (Å²) in [4.78, 5) is 8.12. The first kappa shape index (κ1) is 25.8. The predicted octanol–water partition coefficient (Wildman–Crippen LogP) is 2.49.